The molecule has 26 heavy (non-hydrogen) atoms. The fourth-order valence-electron chi connectivity index (χ4n) is 2.54. The normalized spacial score (nSPS) is 10.7. The molecule has 0 saturated carbocycles. The Balaban J connectivity index is 1.79. The number of benzene rings is 2. The number of methoxy groups -OCH3 is 1. The minimum absolute atomic E-state index is 0.0770. The number of fused-ring (bicyclic) bond motifs is 1. The number of amides is 1. The van der Waals surface area contributed by atoms with Crippen molar-refractivity contribution in [3.05, 3.63) is 57.6 Å². The first-order chi connectivity index (χ1) is 12.5. The summed E-state index contributed by atoms with van der Waals surface area (Å²) in [5.74, 6) is 0.114. The molecule has 0 fully saturated rings. The molecule has 1 heterocycles. The molecular formula is C18H17N3O4S. The van der Waals surface area contributed by atoms with E-state index < -0.39 is 4.92 Å². The fraction of sp³-hybridized carbons (Fsp3) is 0.222. The molecule has 0 aliphatic heterocycles. The number of aryl methyl sites for hydroxylation is 1. The van der Waals surface area contributed by atoms with E-state index in [0.29, 0.717) is 21.1 Å². The second-order valence-electron chi connectivity index (χ2n) is 5.67. The maximum Gasteiger partial charge on any atom is 0.274 e. The zero-order valence-electron chi connectivity index (χ0n) is 14.3. The number of non-ortho nitro benzene ring substituents is 1. The molecule has 0 aliphatic rings. The Morgan fingerprint density at radius 1 is 1.27 bits per heavy atom. The molecule has 0 saturated heterocycles. The van der Waals surface area contributed by atoms with Crippen molar-refractivity contribution in [2.45, 2.75) is 19.8 Å². The number of nitrogens with one attached hydrogen (secondary N) is 1. The van der Waals surface area contributed by atoms with Crippen LogP contribution < -0.4 is 10.1 Å². The third-order valence-electron chi connectivity index (χ3n) is 3.92. The zero-order chi connectivity index (χ0) is 18.7. The Hall–Kier alpha value is -3.00. The Labute approximate surface area is 153 Å². The Bertz CT molecular complexity index is 966. The average molecular weight is 371 g/mol. The molecule has 8 heteroatoms. The van der Waals surface area contributed by atoms with Gasteiger partial charge in [-0.25, -0.2) is 4.98 Å². The van der Waals surface area contributed by atoms with Crippen LogP contribution in [0.3, 0.4) is 0 Å². The number of nitro benzene ring substituents is 1. The third-order valence-corrected chi connectivity index (χ3v) is 4.84. The number of nitrogens with zero attached hydrogens (tertiary/aromatic N) is 2. The number of rotatable bonds is 6. The highest BCUT2D eigenvalue weighted by Gasteiger charge is 2.17. The highest BCUT2D eigenvalue weighted by molar-refractivity contribution is 7.22. The highest BCUT2D eigenvalue weighted by Crippen LogP contribution is 2.36. The van der Waals surface area contributed by atoms with Crippen LogP contribution in [0.1, 0.15) is 18.1 Å². The van der Waals surface area contributed by atoms with Crippen molar-refractivity contribution in [2.24, 2.45) is 0 Å². The van der Waals surface area contributed by atoms with Crippen LogP contribution in [0.2, 0.25) is 0 Å². The first kappa shape index (κ1) is 17.8. The van der Waals surface area contributed by atoms with Crippen LogP contribution in [-0.2, 0) is 17.6 Å². The van der Waals surface area contributed by atoms with Crippen LogP contribution in [0, 0.1) is 10.1 Å². The average Bonchev–Trinajstić information content (AvgIpc) is 3.03. The molecule has 0 spiro atoms. The van der Waals surface area contributed by atoms with Gasteiger partial charge in [-0.3, -0.25) is 14.9 Å². The van der Waals surface area contributed by atoms with E-state index in [4.69, 9.17) is 4.74 Å². The largest absolute Gasteiger partial charge is 0.494 e. The molecular weight excluding hydrogens is 354 g/mol. The lowest BCUT2D eigenvalue weighted by atomic mass is 10.1. The number of aromatic nitrogens is 1. The van der Waals surface area contributed by atoms with Gasteiger partial charge in [-0.05, 0) is 17.5 Å². The molecule has 1 N–H and O–H groups in total. The summed E-state index contributed by atoms with van der Waals surface area (Å²) in [6, 6.07) is 10.6. The lowest BCUT2D eigenvalue weighted by molar-refractivity contribution is -0.384. The first-order valence-electron chi connectivity index (χ1n) is 8.00. The summed E-state index contributed by atoms with van der Waals surface area (Å²) < 4.78 is 5.76. The molecule has 2 aromatic carbocycles. The van der Waals surface area contributed by atoms with Crippen molar-refractivity contribution in [3.63, 3.8) is 0 Å². The molecule has 3 rings (SSSR count). The molecule has 0 unspecified atom stereocenters. The molecule has 3 aromatic rings. The molecule has 1 aromatic heterocycles. The number of ether oxygens (including phenoxy) is 1. The maximum absolute atomic E-state index is 12.3. The van der Waals surface area contributed by atoms with Crippen LogP contribution in [0.15, 0.2) is 36.4 Å². The molecule has 7 nitrogen and oxygen atoms in total. The topological polar surface area (TPSA) is 94.4 Å². The molecule has 0 bridgehead atoms. The Morgan fingerprint density at radius 3 is 2.58 bits per heavy atom. The number of nitro groups is 1. The van der Waals surface area contributed by atoms with Gasteiger partial charge < -0.3 is 10.1 Å². The van der Waals surface area contributed by atoms with Gasteiger partial charge in [0, 0.05) is 6.07 Å². The molecule has 0 radical (unpaired) electrons. The molecule has 0 aliphatic carbocycles. The predicted molar refractivity (Wildman–Crippen MR) is 101 cm³/mol. The lowest BCUT2D eigenvalue weighted by Gasteiger charge is -2.03. The van der Waals surface area contributed by atoms with Gasteiger partial charge in [0.1, 0.15) is 5.52 Å². The Kier molecular flexibility index (Phi) is 5.13. The van der Waals surface area contributed by atoms with Gasteiger partial charge >= 0.3 is 0 Å². The van der Waals surface area contributed by atoms with Crippen molar-refractivity contribution in [2.75, 3.05) is 12.4 Å². The summed E-state index contributed by atoms with van der Waals surface area (Å²) in [5.41, 5.74) is 2.54. The lowest BCUT2D eigenvalue weighted by Crippen LogP contribution is -2.14. The van der Waals surface area contributed by atoms with E-state index in [9.17, 15) is 14.9 Å². The Morgan fingerprint density at radius 2 is 1.96 bits per heavy atom. The van der Waals surface area contributed by atoms with E-state index in [1.165, 1.54) is 36.1 Å². The minimum atomic E-state index is -0.486. The van der Waals surface area contributed by atoms with E-state index in [-0.39, 0.29) is 18.0 Å². The quantitative estimate of drug-likeness (QED) is 0.523. The van der Waals surface area contributed by atoms with Crippen LogP contribution >= 0.6 is 11.3 Å². The number of thiazole rings is 1. The maximum atomic E-state index is 12.3. The van der Waals surface area contributed by atoms with Crippen molar-refractivity contribution in [1.82, 2.24) is 4.98 Å². The van der Waals surface area contributed by atoms with Gasteiger partial charge in [-0.1, -0.05) is 42.5 Å². The first-order valence-corrected chi connectivity index (χ1v) is 8.82. The van der Waals surface area contributed by atoms with Crippen LogP contribution in [0.25, 0.3) is 10.2 Å². The van der Waals surface area contributed by atoms with Crippen molar-refractivity contribution >= 4 is 38.3 Å². The van der Waals surface area contributed by atoms with Gasteiger partial charge in [0.25, 0.3) is 5.69 Å². The van der Waals surface area contributed by atoms with Gasteiger partial charge in [0.05, 0.1) is 29.2 Å². The zero-order valence-corrected chi connectivity index (χ0v) is 15.1. The van der Waals surface area contributed by atoms with Crippen LogP contribution in [0.5, 0.6) is 5.75 Å². The van der Waals surface area contributed by atoms with Crippen LogP contribution in [-0.4, -0.2) is 22.9 Å². The van der Waals surface area contributed by atoms with Crippen molar-refractivity contribution in [1.29, 1.82) is 0 Å². The van der Waals surface area contributed by atoms with Gasteiger partial charge in [0.15, 0.2) is 10.9 Å². The fourth-order valence-corrected chi connectivity index (χ4v) is 3.47. The standard InChI is InChI=1S/C18H17N3O4S/c1-3-11-4-6-12(7-5-11)8-16(22)19-18-20-17-14(25-2)9-13(21(23)24)10-15(17)26-18/h4-7,9-10H,3,8H2,1-2H3,(H,19,20,22). The van der Waals surface area contributed by atoms with Gasteiger partial charge in [-0.15, -0.1) is 0 Å². The second kappa shape index (κ2) is 7.49. The summed E-state index contributed by atoms with van der Waals surface area (Å²) in [7, 11) is 1.43. The molecule has 0 atom stereocenters. The van der Waals surface area contributed by atoms with E-state index in [2.05, 4.69) is 17.2 Å². The summed E-state index contributed by atoms with van der Waals surface area (Å²) in [5, 5.41) is 14.1. The highest BCUT2D eigenvalue weighted by atomic mass is 32.1. The summed E-state index contributed by atoms with van der Waals surface area (Å²) in [4.78, 5) is 27.1. The van der Waals surface area contributed by atoms with Gasteiger partial charge in [-0.2, -0.15) is 0 Å². The van der Waals surface area contributed by atoms with Gasteiger partial charge in [0.2, 0.25) is 5.91 Å². The molecule has 1 amide bonds. The third kappa shape index (κ3) is 3.80. The summed E-state index contributed by atoms with van der Waals surface area (Å²) >= 11 is 1.18. The predicted octanol–water partition coefficient (Wildman–Crippen LogP) is 3.96. The van der Waals surface area contributed by atoms with E-state index >= 15 is 0 Å². The minimum Gasteiger partial charge on any atom is -0.494 e. The van der Waals surface area contributed by atoms with E-state index in [1.54, 1.807) is 0 Å². The number of hydrogen-bond donors (Lipinski definition) is 1. The monoisotopic (exact) mass is 371 g/mol. The summed E-state index contributed by atoms with van der Waals surface area (Å²) in [6.07, 6.45) is 1.18. The van der Waals surface area contributed by atoms with E-state index in [1.807, 2.05) is 24.3 Å². The smallest absolute Gasteiger partial charge is 0.274 e. The van der Waals surface area contributed by atoms with Crippen molar-refractivity contribution < 1.29 is 14.5 Å². The number of hydrogen-bond acceptors (Lipinski definition) is 6. The molecule has 134 valence electrons. The van der Waals surface area contributed by atoms with Crippen LogP contribution in [0.4, 0.5) is 10.8 Å². The summed E-state index contributed by atoms with van der Waals surface area (Å²) in [6.45, 7) is 2.08. The van der Waals surface area contributed by atoms with E-state index in [0.717, 1.165) is 12.0 Å². The SMILES string of the molecule is CCc1ccc(CC(=O)Nc2nc3c(OC)cc([N+](=O)[O-])cc3s2)cc1. The van der Waals surface area contributed by atoms with Crippen molar-refractivity contribution in [3.8, 4) is 5.75 Å². The number of anilines is 1. The number of carbonyl (C=O) groups is 1. The second-order valence-corrected chi connectivity index (χ2v) is 6.70. The number of carbonyl (C=O) groups excluding carboxylic acids is 1.